The van der Waals surface area contributed by atoms with E-state index in [1.807, 2.05) is 21.1 Å². The molecule has 0 aliphatic heterocycles. The summed E-state index contributed by atoms with van der Waals surface area (Å²) in [6, 6.07) is 0. The molecule has 496 valence electrons. The Labute approximate surface area is 540 Å². The lowest BCUT2D eigenvalue weighted by Gasteiger charge is -2.28. The van der Waals surface area contributed by atoms with Gasteiger partial charge in [0.05, 0.1) is 27.7 Å². The number of carbonyl (C=O) groups is 2. The lowest BCUT2D eigenvalue weighted by Crippen LogP contribution is -2.37. The van der Waals surface area contributed by atoms with Crippen LogP contribution in [0.25, 0.3) is 0 Å². The Hall–Kier alpha value is -4.89. The third kappa shape index (κ3) is 70.2. The number of nitrogens with zero attached hydrogens (tertiary/aromatic N) is 1. The molecule has 0 aliphatic rings. The monoisotopic (exact) mass is 1240 g/mol. The summed E-state index contributed by atoms with van der Waals surface area (Å²) in [4.78, 5) is 38.1. The van der Waals surface area contributed by atoms with Crippen LogP contribution in [0.15, 0.2) is 182 Å². The van der Waals surface area contributed by atoms with Crippen LogP contribution in [-0.4, -0.2) is 70.0 Å². The van der Waals surface area contributed by atoms with Gasteiger partial charge in [0.1, 0.15) is 19.8 Å². The molecule has 88 heavy (non-hydrogen) atoms. The molecular weight excluding hydrogens is 1110 g/mol. The van der Waals surface area contributed by atoms with Crippen molar-refractivity contribution in [1.82, 2.24) is 0 Å². The van der Waals surface area contributed by atoms with Gasteiger partial charge in [-0.2, -0.15) is 0 Å². The molecule has 0 bridgehead atoms. The van der Waals surface area contributed by atoms with E-state index in [2.05, 4.69) is 196 Å². The molecule has 0 spiro atoms. The fourth-order valence-electron chi connectivity index (χ4n) is 8.71. The van der Waals surface area contributed by atoms with Gasteiger partial charge in [0.15, 0.2) is 6.10 Å². The third-order valence-electron chi connectivity index (χ3n) is 13.9. The maximum atomic E-state index is 12.9. The zero-order chi connectivity index (χ0) is 64.1. The van der Waals surface area contributed by atoms with Crippen molar-refractivity contribution < 1.29 is 42.1 Å². The number of hydrogen-bond acceptors (Lipinski definition) is 8. The zero-order valence-corrected chi connectivity index (χ0v) is 57.2. The molecule has 0 saturated heterocycles. The lowest BCUT2D eigenvalue weighted by atomic mass is 10.0. The predicted molar refractivity (Wildman–Crippen MR) is 378 cm³/mol. The molecule has 0 fully saturated rings. The minimum Gasteiger partial charge on any atom is -0.756 e. The number of rotatable bonds is 61. The van der Waals surface area contributed by atoms with Crippen LogP contribution < -0.4 is 4.89 Å². The summed E-state index contributed by atoms with van der Waals surface area (Å²) >= 11 is 0. The average Bonchev–Trinajstić information content (AvgIpc) is 3.57. The number of allylic oxidation sites excluding steroid dienone is 30. The van der Waals surface area contributed by atoms with Crippen LogP contribution in [0.5, 0.6) is 0 Å². The summed E-state index contributed by atoms with van der Waals surface area (Å²) in [7, 11) is 1.12. The molecule has 0 saturated carbocycles. The number of ether oxygens (including phenoxy) is 2. The number of hydrogen-bond donors (Lipinski definition) is 0. The van der Waals surface area contributed by atoms with Gasteiger partial charge >= 0.3 is 11.9 Å². The second-order valence-corrected chi connectivity index (χ2v) is 24.8. The molecule has 9 nitrogen and oxygen atoms in total. The molecule has 0 radical (unpaired) electrons. The van der Waals surface area contributed by atoms with Gasteiger partial charge in [0, 0.05) is 12.8 Å². The van der Waals surface area contributed by atoms with Crippen LogP contribution in [0.2, 0.25) is 0 Å². The van der Waals surface area contributed by atoms with Crippen LogP contribution >= 0.6 is 7.82 Å². The van der Waals surface area contributed by atoms with Gasteiger partial charge in [-0.1, -0.05) is 280 Å². The number of carbonyl (C=O) groups excluding carboxylic acids is 2. The Bertz CT molecular complexity index is 2140. The van der Waals surface area contributed by atoms with Gasteiger partial charge in [0.25, 0.3) is 7.82 Å². The SMILES string of the molecule is CC/C=C\C/C=C\C/C=C\C/C=C\C/C=C\C/C=C\C/C=C\C/C=C\C/C=C\C/C=C\CCCCCCC(=O)OC(COC(=O)CCCCCCCCCCCCCCC/C=C\C/C=C\C/C=C\C/C=C\C/C=C\CC)COP(=O)([O-])OCC[N+](C)(C)C. The first-order valence-corrected chi connectivity index (χ1v) is 36.0. The summed E-state index contributed by atoms with van der Waals surface area (Å²) in [5, 5.41) is 0. The fourth-order valence-corrected chi connectivity index (χ4v) is 9.44. The van der Waals surface area contributed by atoms with Crippen molar-refractivity contribution in [3.63, 3.8) is 0 Å². The highest BCUT2D eigenvalue weighted by Crippen LogP contribution is 2.38. The van der Waals surface area contributed by atoms with Crippen molar-refractivity contribution in [3.8, 4) is 0 Å². The van der Waals surface area contributed by atoms with Crippen LogP contribution in [-0.2, 0) is 32.7 Å². The Morgan fingerprint density at radius 3 is 0.909 bits per heavy atom. The van der Waals surface area contributed by atoms with Gasteiger partial charge in [-0.25, -0.2) is 0 Å². The highest BCUT2D eigenvalue weighted by molar-refractivity contribution is 7.45. The number of quaternary nitrogens is 1. The molecule has 0 aliphatic carbocycles. The number of phosphoric ester groups is 1. The van der Waals surface area contributed by atoms with Gasteiger partial charge in [-0.15, -0.1) is 0 Å². The number of likely N-dealkylation sites (N-methyl/N-ethyl adjacent to an activating group) is 1. The van der Waals surface area contributed by atoms with E-state index < -0.39 is 32.5 Å². The van der Waals surface area contributed by atoms with E-state index in [0.29, 0.717) is 23.9 Å². The highest BCUT2D eigenvalue weighted by atomic mass is 31.2. The summed E-state index contributed by atoms with van der Waals surface area (Å²) in [5.41, 5.74) is 0. The number of unbranched alkanes of at least 4 members (excludes halogenated alkanes) is 17. The molecule has 0 aromatic rings. The minimum absolute atomic E-state index is 0.0462. The standard InChI is InChI=1S/C78H126NO8P/c1-6-8-10-12-14-16-18-20-22-24-26-28-30-32-34-36-37-38-39-40-41-43-45-47-49-51-53-55-57-59-61-63-65-67-69-71-78(81)87-76(75-86-88(82,83)85-73-72-79(3,4)5)74-84-77(80)70-68-66-64-62-60-58-56-54-52-50-48-46-44-42-35-33-31-29-27-25-23-21-19-17-15-13-11-9-7-2/h8-11,14-17,20-23,26-29,32-35,37-38,40-41,45,47,51,53,57,59,76H,6-7,12-13,18-19,24-25,30-31,36,39,42-44,46,48-50,52,54-56,58,60-75H2,1-5H3/b10-8-,11-9-,16-14-,17-15-,22-20-,23-21-,28-26-,29-27-,34-32-,35-33-,38-37-,41-40-,47-45-,53-51-,59-57-. The minimum atomic E-state index is -4.66. The van der Waals surface area contributed by atoms with Gasteiger partial charge in [-0.3, -0.25) is 14.2 Å². The maximum Gasteiger partial charge on any atom is 0.306 e. The van der Waals surface area contributed by atoms with Crippen LogP contribution in [0.3, 0.4) is 0 Å². The topological polar surface area (TPSA) is 111 Å². The van der Waals surface area contributed by atoms with E-state index >= 15 is 0 Å². The van der Waals surface area contributed by atoms with E-state index in [0.717, 1.165) is 141 Å². The second kappa shape index (κ2) is 66.5. The molecule has 0 amide bonds. The van der Waals surface area contributed by atoms with Gasteiger partial charge < -0.3 is 27.9 Å². The first-order valence-electron chi connectivity index (χ1n) is 34.5. The molecule has 0 aromatic heterocycles. The lowest BCUT2D eigenvalue weighted by molar-refractivity contribution is -0.870. The number of phosphoric acid groups is 1. The Kier molecular flexibility index (Phi) is 62.8. The molecule has 2 atom stereocenters. The average molecular weight is 1240 g/mol. The summed E-state index contributed by atoms with van der Waals surface area (Å²) in [6.45, 7) is 3.96. The normalized spacial score (nSPS) is 14.3. The van der Waals surface area contributed by atoms with Gasteiger partial charge in [0.2, 0.25) is 0 Å². The molecule has 0 N–H and O–H groups in total. The molecule has 0 aromatic carbocycles. The third-order valence-corrected chi connectivity index (χ3v) is 14.9. The summed E-state index contributed by atoms with van der Waals surface area (Å²) in [5.74, 6) is -0.875. The van der Waals surface area contributed by atoms with Crippen LogP contribution in [0.4, 0.5) is 0 Å². The van der Waals surface area contributed by atoms with Crippen molar-refractivity contribution in [2.24, 2.45) is 0 Å². The zero-order valence-electron chi connectivity index (χ0n) is 56.3. The number of esters is 2. The highest BCUT2D eigenvalue weighted by Gasteiger charge is 2.22. The van der Waals surface area contributed by atoms with Crippen molar-refractivity contribution in [2.75, 3.05) is 47.5 Å². The van der Waals surface area contributed by atoms with E-state index in [1.165, 1.54) is 64.2 Å². The molecule has 2 unspecified atom stereocenters. The Morgan fingerprint density at radius 2 is 0.614 bits per heavy atom. The first-order chi connectivity index (χ1) is 43.0. The molecular formula is C78H126NO8P. The van der Waals surface area contributed by atoms with Crippen LogP contribution in [0.1, 0.15) is 245 Å². The largest absolute Gasteiger partial charge is 0.756 e. The van der Waals surface area contributed by atoms with E-state index in [-0.39, 0.29) is 26.1 Å². The molecule has 10 heteroatoms. The first kappa shape index (κ1) is 83.1. The van der Waals surface area contributed by atoms with Crippen molar-refractivity contribution in [3.05, 3.63) is 182 Å². The Balaban J connectivity index is 4.20. The summed E-state index contributed by atoms with van der Waals surface area (Å²) in [6.07, 6.45) is 102. The Morgan fingerprint density at radius 1 is 0.352 bits per heavy atom. The smallest absolute Gasteiger partial charge is 0.306 e. The quantitative estimate of drug-likeness (QED) is 0.0195. The van der Waals surface area contributed by atoms with E-state index in [1.54, 1.807) is 0 Å². The van der Waals surface area contributed by atoms with Gasteiger partial charge in [-0.05, 0) is 135 Å². The molecule has 0 heterocycles. The second-order valence-electron chi connectivity index (χ2n) is 23.4. The fraction of sp³-hybridized carbons (Fsp3) is 0.590. The van der Waals surface area contributed by atoms with E-state index in [9.17, 15) is 19.0 Å². The van der Waals surface area contributed by atoms with Crippen LogP contribution in [0, 0.1) is 0 Å². The van der Waals surface area contributed by atoms with Crippen molar-refractivity contribution in [1.29, 1.82) is 0 Å². The summed E-state index contributed by atoms with van der Waals surface area (Å²) < 4.78 is 34.3. The molecule has 0 rings (SSSR count). The van der Waals surface area contributed by atoms with E-state index in [4.69, 9.17) is 18.5 Å². The van der Waals surface area contributed by atoms with Crippen molar-refractivity contribution >= 4 is 19.8 Å². The maximum absolute atomic E-state index is 12.9. The predicted octanol–water partition coefficient (Wildman–Crippen LogP) is 22.1. The van der Waals surface area contributed by atoms with Crippen molar-refractivity contribution in [2.45, 2.75) is 251 Å².